The average molecular weight is 281 g/mol. The molecule has 1 aromatic heterocycles. The number of hydrogen-bond acceptors (Lipinski definition) is 3. The van der Waals surface area contributed by atoms with Gasteiger partial charge in [-0.3, -0.25) is 9.78 Å². The number of aryl methyl sites for hydroxylation is 1. The highest BCUT2D eigenvalue weighted by molar-refractivity contribution is 6.09. The first-order chi connectivity index (χ1) is 9.35. The number of ketones is 1. The number of aromatic nitrogens is 1. The van der Waals surface area contributed by atoms with Crippen molar-refractivity contribution < 1.29 is 22.7 Å². The van der Waals surface area contributed by atoms with Gasteiger partial charge in [-0.05, 0) is 42.8 Å². The van der Waals surface area contributed by atoms with Gasteiger partial charge in [-0.25, -0.2) is 0 Å². The van der Waals surface area contributed by atoms with Gasteiger partial charge in [-0.2, -0.15) is 0 Å². The molecule has 0 saturated heterocycles. The van der Waals surface area contributed by atoms with E-state index in [0.29, 0.717) is 11.1 Å². The lowest BCUT2D eigenvalue weighted by Gasteiger charge is -2.11. The van der Waals surface area contributed by atoms with Gasteiger partial charge in [0.1, 0.15) is 5.75 Å². The van der Waals surface area contributed by atoms with E-state index in [-0.39, 0.29) is 5.56 Å². The van der Waals surface area contributed by atoms with Crippen LogP contribution in [-0.2, 0) is 0 Å². The number of hydrogen-bond donors (Lipinski definition) is 0. The molecule has 0 spiro atoms. The number of pyridine rings is 1. The Morgan fingerprint density at radius 2 is 1.95 bits per heavy atom. The van der Waals surface area contributed by atoms with E-state index in [1.54, 1.807) is 19.1 Å². The number of nitrogens with zero attached hydrogens (tertiary/aromatic N) is 1. The van der Waals surface area contributed by atoms with E-state index < -0.39 is 17.9 Å². The van der Waals surface area contributed by atoms with Crippen molar-refractivity contribution in [2.75, 3.05) is 0 Å². The van der Waals surface area contributed by atoms with Gasteiger partial charge < -0.3 is 4.74 Å². The summed E-state index contributed by atoms with van der Waals surface area (Å²) in [5.41, 5.74) is 0.923. The van der Waals surface area contributed by atoms with Crippen molar-refractivity contribution in [2.45, 2.75) is 13.3 Å². The van der Waals surface area contributed by atoms with E-state index in [4.69, 9.17) is 0 Å². The topological polar surface area (TPSA) is 39.2 Å². The van der Waals surface area contributed by atoms with Crippen LogP contribution in [0, 0.1) is 6.92 Å². The molecule has 0 aliphatic heterocycles. The average Bonchev–Trinajstić information content (AvgIpc) is 2.36. The Balaban J connectivity index is 2.35. The van der Waals surface area contributed by atoms with Gasteiger partial charge in [-0.15, -0.1) is 13.2 Å². The third kappa shape index (κ3) is 3.57. The van der Waals surface area contributed by atoms with Crippen LogP contribution in [0.5, 0.6) is 5.75 Å². The Morgan fingerprint density at radius 3 is 2.55 bits per heavy atom. The van der Waals surface area contributed by atoms with Crippen LogP contribution in [0.2, 0.25) is 0 Å². The van der Waals surface area contributed by atoms with Crippen molar-refractivity contribution in [3.05, 3.63) is 59.4 Å². The molecule has 0 aliphatic rings. The number of benzene rings is 1. The predicted molar refractivity (Wildman–Crippen MR) is 65.5 cm³/mol. The predicted octanol–water partition coefficient (Wildman–Crippen LogP) is 3.52. The van der Waals surface area contributed by atoms with Crippen LogP contribution in [0.25, 0.3) is 0 Å². The van der Waals surface area contributed by atoms with Crippen LogP contribution in [0.3, 0.4) is 0 Å². The van der Waals surface area contributed by atoms with Gasteiger partial charge in [0.2, 0.25) is 0 Å². The number of halogens is 3. The normalized spacial score (nSPS) is 11.2. The van der Waals surface area contributed by atoms with Crippen molar-refractivity contribution in [3.8, 4) is 5.75 Å². The van der Waals surface area contributed by atoms with Crippen LogP contribution < -0.4 is 4.74 Å². The number of rotatable bonds is 3. The quantitative estimate of drug-likeness (QED) is 0.808. The Hall–Kier alpha value is -2.37. The van der Waals surface area contributed by atoms with Crippen molar-refractivity contribution >= 4 is 5.78 Å². The first-order valence-corrected chi connectivity index (χ1v) is 5.67. The lowest BCUT2D eigenvalue weighted by Crippen LogP contribution is -2.17. The van der Waals surface area contributed by atoms with E-state index in [1.165, 1.54) is 24.5 Å². The van der Waals surface area contributed by atoms with Gasteiger partial charge in [0.25, 0.3) is 0 Å². The van der Waals surface area contributed by atoms with E-state index in [2.05, 4.69) is 9.72 Å². The van der Waals surface area contributed by atoms with Gasteiger partial charge in [0.05, 0.1) is 0 Å². The fourth-order valence-corrected chi connectivity index (χ4v) is 1.74. The largest absolute Gasteiger partial charge is 0.573 e. The molecule has 0 aliphatic carbocycles. The van der Waals surface area contributed by atoms with Gasteiger partial charge in [-0.1, -0.05) is 0 Å². The van der Waals surface area contributed by atoms with Crippen molar-refractivity contribution in [1.82, 2.24) is 4.98 Å². The van der Waals surface area contributed by atoms with Crippen molar-refractivity contribution in [1.29, 1.82) is 0 Å². The monoisotopic (exact) mass is 281 g/mol. The summed E-state index contributed by atoms with van der Waals surface area (Å²) in [7, 11) is 0. The highest BCUT2D eigenvalue weighted by Crippen LogP contribution is 2.25. The molecule has 2 rings (SSSR count). The van der Waals surface area contributed by atoms with E-state index in [9.17, 15) is 18.0 Å². The second kappa shape index (κ2) is 5.32. The summed E-state index contributed by atoms with van der Waals surface area (Å²) < 4.78 is 40.5. The summed E-state index contributed by atoms with van der Waals surface area (Å²) in [6.45, 7) is 1.59. The molecule has 0 unspecified atom stereocenters. The number of ether oxygens (including phenoxy) is 1. The molecule has 20 heavy (non-hydrogen) atoms. The molecule has 0 radical (unpaired) electrons. The minimum Gasteiger partial charge on any atom is -0.406 e. The number of alkyl halides is 3. The first-order valence-electron chi connectivity index (χ1n) is 5.67. The van der Waals surface area contributed by atoms with Crippen molar-refractivity contribution in [3.63, 3.8) is 0 Å². The molecule has 2 aromatic rings. The van der Waals surface area contributed by atoms with Gasteiger partial charge in [0, 0.05) is 23.5 Å². The maximum Gasteiger partial charge on any atom is 0.573 e. The Bertz CT molecular complexity index is 624. The van der Waals surface area contributed by atoms with Crippen molar-refractivity contribution in [2.24, 2.45) is 0 Å². The standard InChI is InChI=1S/C14H10F3NO2/c1-9-5-11(7-12(6-9)20-14(15,16)17)13(19)10-3-2-4-18-8-10/h2-8H,1H3. The highest BCUT2D eigenvalue weighted by Gasteiger charge is 2.31. The third-order valence-electron chi connectivity index (χ3n) is 2.47. The SMILES string of the molecule is Cc1cc(OC(F)(F)F)cc(C(=O)c2cccnc2)c1. The smallest absolute Gasteiger partial charge is 0.406 e. The summed E-state index contributed by atoms with van der Waals surface area (Å²) in [5.74, 6) is -0.821. The van der Waals surface area contributed by atoms with E-state index in [1.807, 2.05) is 0 Å². The molecular formula is C14H10F3NO2. The molecule has 0 saturated carbocycles. The van der Waals surface area contributed by atoms with Crippen LogP contribution >= 0.6 is 0 Å². The first kappa shape index (κ1) is 14.0. The second-order valence-electron chi connectivity index (χ2n) is 4.15. The fraction of sp³-hybridized carbons (Fsp3) is 0.143. The molecule has 1 aromatic carbocycles. The third-order valence-corrected chi connectivity index (χ3v) is 2.47. The summed E-state index contributed by atoms with van der Waals surface area (Å²) in [6, 6.07) is 6.90. The van der Waals surface area contributed by atoms with Crippen LogP contribution in [0.1, 0.15) is 21.5 Å². The molecule has 0 bridgehead atoms. The van der Waals surface area contributed by atoms with Gasteiger partial charge >= 0.3 is 6.36 Å². The summed E-state index contributed by atoms with van der Waals surface area (Å²) in [6.07, 6.45) is -1.93. The summed E-state index contributed by atoms with van der Waals surface area (Å²) in [5, 5.41) is 0. The van der Waals surface area contributed by atoms with Crippen LogP contribution in [0.15, 0.2) is 42.7 Å². The number of carbonyl (C=O) groups is 1. The minimum absolute atomic E-state index is 0.122. The molecule has 0 fully saturated rings. The molecule has 6 heteroatoms. The summed E-state index contributed by atoms with van der Waals surface area (Å²) in [4.78, 5) is 15.9. The maximum absolute atomic E-state index is 12.2. The molecule has 104 valence electrons. The Morgan fingerprint density at radius 1 is 1.20 bits per heavy atom. The number of carbonyl (C=O) groups excluding carboxylic acids is 1. The molecule has 3 nitrogen and oxygen atoms in total. The zero-order valence-corrected chi connectivity index (χ0v) is 10.4. The zero-order chi connectivity index (χ0) is 14.8. The zero-order valence-electron chi connectivity index (χ0n) is 10.4. The molecular weight excluding hydrogens is 271 g/mol. The second-order valence-corrected chi connectivity index (χ2v) is 4.15. The molecule has 0 amide bonds. The lowest BCUT2D eigenvalue weighted by molar-refractivity contribution is -0.274. The van der Waals surface area contributed by atoms with Crippen LogP contribution in [0.4, 0.5) is 13.2 Å². The fourth-order valence-electron chi connectivity index (χ4n) is 1.74. The molecule has 0 atom stereocenters. The summed E-state index contributed by atoms with van der Waals surface area (Å²) >= 11 is 0. The van der Waals surface area contributed by atoms with Gasteiger partial charge in [0.15, 0.2) is 5.78 Å². The van der Waals surface area contributed by atoms with Crippen LogP contribution in [-0.4, -0.2) is 17.1 Å². The lowest BCUT2D eigenvalue weighted by atomic mass is 10.0. The Kier molecular flexibility index (Phi) is 3.74. The molecule has 0 N–H and O–H groups in total. The molecule has 1 heterocycles. The Labute approximate surface area is 113 Å². The maximum atomic E-state index is 12.2. The highest BCUT2D eigenvalue weighted by atomic mass is 19.4. The minimum atomic E-state index is -4.79. The van der Waals surface area contributed by atoms with E-state index in [0.717, 1.165) is 6.07 Å². The van der Waals surface area contributed by atoms with E-state index >= 15 is 0 Å².